The van der Waals surface area contributed by atoms with Crippen LogP contribution in [0.4, 0.5) is 11.4 Å². The number of benzene rings is 2. The summed E-state index contributed by atoms with van der Waals surface area (Å²) >= 11 is 0. The number of hydrogen-bond donors (Lipinski definition) is 2. The van der Waals surface area contributed by atoms with E-state index in [2.05, 4.69) is 29.6 Å². The van der Waals surface area contributed by atoms with E-state index in [4.69, 9.17) is 5.73 Å². The van der Waals surface area contributed by atoms with Crippen LogP contribution in [0, 0.1) is 0 Å². The summed E-state index contributed by atoms with van der Waals surface area (Å²) in [5.41, 5.74) is 10.8. The molecule has 0 fully saturated rings. The molecule has 0 saturated carbocycles. The number of hydrogen-bond acceptors (Lipinski definition) is 3. The van der Waals surface area contributed by atoms with Crippen molar-refractivity contribution in [3.8, 4) is 0 Å². The highest BCUT2D eigenvalue weighted by atomic mass is 16.1. The molecule has 0 aliphatic heterocycles. The van der Waals surface area contributed by atoms with E-state index in [1.54, 1.807) is 6.07 Å². The molecule has 1 aliphatic carbocycles. The predicted octanol–water partition coefficient (Wildman–Crippen LogP) is 3.22. The maximum atomic E-state index is 11.5. The minimum absolute atomic E-state index is 0.000129. The van der Waals surface area contributed by atoms with Crippen LogP contribution in [0.5, 0.6) is 0 Å². The Bertz CT molecular complexity index is 664. The minimum Gasteiger partial charge on any atom is -0.398 e. The van der Waals surface area contributed by atoms with Crippen molar-refractivity contribution in [2.75, 3.05) is 17.6 Å². The standard InChI is InChI=1S/C17H18N2O/c1-11(20)16-9-14(6-7-17(16)18)19-10-13-8-12-4-2-3-5-15(12)13/h2-7,9,13,19H,8,10,18H2,1H3. The fraction of sp³-hybridized carbons (Fsp3) is 0.235. The number of fused-ring (bicyclic) bond motifs is 1. The lowest BCUT2D eigenvalue weighted by Crippen LogP contribution is -2.24. The number of Topliss-reactive ketones (excluding diaryl/α,β-unsaturated/α-hetero) is 1. The van der Waals surface area contributed by atoms with Gasteiger partial charge >= 0.3 is 0 Å². The van der Waals surface area contributed by atoms with Gasteiger partial charge in [0.25, 0.3) is 0 Å². The van der Waals surface area contributed by atoms with Crippen LogP contribution in [0.3, 0.4) is 0 Å². The molecule has 0 bridgehead atoms. The third-order valence-electron chi connectivity index (χ3n) is 3.95. The smallest absolute Gasteiger partial charge is 0.161 e. The minimum atomic E-state index is 0.000129. The number of nitrogens with one attached hydrogen (secondary N) is 1. The van der Waals surface area contributed by atoms with Gasteiger partial charge in [0.15, 0.2) is 5.78 Å². The van der Waals surface area contributed by atoms with Crippen LogP contribution in [0.2, 0.25) is 0 Å². The van der Waals surface area contributed by atoms with E-state index in [1.165, 1.54) is 18.1 Å². The molecule has 0 aromatic heterocycles. The molecule has 2 aromatic carbocycles. The highest BCUT2D eigenvalue weighted by Crippen LogP contribution is 2.34. The van der Waals surface area contributed by atoms with Crippen molar-refractivity contribution in [2.24, 2.45) is 0 Å². The van der Waals surface area contributed by atoms with Crippen molar-refractivity contribution in [3.63, 3.8) is 0 Å². The van der Waals surface area contributed by atoms with Crippen LogP contribution in [0.15, 0.2) is 42.5 Å². The van der Waals surface area contributed by atoms with Crippen LogP contribution in [0.25, 0.3) is 0 Å². The zero-order valence-corrected chi connectivity index (χ0v) is 11.5. The topological polar surface area (TPSA) is 55.1 Å². The fourth-order valence-electron chi connectivity index (χ4n) is 2.76. The van der Waals surface area contributed by atoms with Crippen LogP contribution < -0.4 is 11.1 Å². The summed E-state index contributed by atoms with van der Waals surface area (Å²) in [7, 11) is 0. The molecule has 1 unspecified atom stereocenters. The molecule has 0 radical (unpaired) electrons. The lowest BCUT2D eigenvalue weighted by Gasteiger charge is -2.30. The van der Waals surface area contributed by atoms with Gasteiger partial charge in [0.1, 0.15) is 0 Å². The van der Waals surface area contributed by atoms with Gasteiger partial charge in [-0.3, -0.25) is 4.79 Å². The van der Waals surface area contributed by atoms with E-state index in [1.807, 2.05) is 12.1 Å². The Labute approximate surface area is 118 Å². The number of ketones is 1. The summed E-state index contributed by atoms with van der Waals surface area (Å²) in [6.45, 7) is 2.43. The molecule has 1 aliphatic rings. The van der Waals surface area contributed by atoms with Gasteiger partial charge < -0.3 is 11.1 Å². The van der Waals surface area contributed by atoms with Crippen molar-refractivity contribution in [1.82, 2.24) is 0 Å². The Morgan fingerprint density at radius 1 is 1.30 bits per heavy atom. The normalized spacial score (nSPS) is 16.1. The van der Waals surface area contributed by atoms with E-state index in [0.29, 0.717) is 17.2 Å². The summed E-state index contributed by atoms with van der Waals surface area (Å²) in [6.07, 6.45) is 1.12. The van der Waals surface area contributed by atoms with Crippen LogP contribution in [0.1, 0.15) is 34.3 Å². The van der Waals surface area contributed by atoms with Gasteiger partial charge in [0, 0.05) is 29.4 Å². The van der Waals surface area contributed by atoms with Crippen molar-refractivity contribution < 1.29 is 4.79 Å². The van der Waals surface area contributed by atoms with Crippen molar-refractivity contribution >= 4 is 17.2 Å². The van der Waals surface area contributed by atoms with Crippen LogP contribution in [-0.4, -0.2) is 12.3 Å². The number of carbonyl (C=O) groups excluding carboxylic acids is 1. The van der Waals surface area contributed by atoms with Crippen molar-refractivity contribution in [2.45, 2.75) is 19.3 Å². The Balaban J connectivity index is 1.68. The molecule has 0 heterocycles. The SMILES string of the molecule is CC(=O)c1cc(NCC2Cc3ccccc32)ccc1N. The van der Waals surface area contributed by atoms with E-state index >= 15 is 0 Å². The lowest BCUT2D eigenvalue weighted by atomic mass is 9.77. The van der Waals surface area contributed by atoms with E-state index in [9.17, 15) is 4.79 Å². The molecule has 102 valence electrons. The average Bonchev–Trinajstić information content (AvgIpc) is 2.41. The number of carbonyl (C=O) groups is 1. The molecule has 2 aromatic rings. The van der Waals surface area contributed by atoms with Crippen LogP contribution >= 0.6 is 0 Å². The monoisotopic (exact) mass is 266 g/mol. The Morgan fingerprint density at radius 2 is 2.10 bits per heavy atom. The number of anilines is 2. The molecule has 3 nitrogen and oxygen atoms in total. The molecular formula is C17H18N2O. The Hall–Kier alpha value is -2.29. The zero-order valence-electron chi connectivity index (χ0n) is 11.5. The first-order chi connectivity index (χ1) is 9.65. The molecule has 3 heteroatoms. The number of rotatable bonds is 4. The second kappa shape index (κ2) is 5.00. The predicted molar refractivity (Wildman–Crippen MR) is 82.2 cm³/mol. The molecule has 0 saturated heterocycles. The van der Waals surface area contributed by atoms with Gasteiger partial charge in [0.2, 0.25) is 0 Å². The third-order valence-corrected chi connectivity index (χ3v) is 3.95. The average molecular weight is 266 g/mol. The quantitative estimate of drug-likeness (QED) is 0.660. The van der Waals surface area contributed by atoms with Crippen LogP contribution in [-0.2, 0) is 6.42 Å². The molecular weight excluding hydrogens is 248 g/mol. The summed E-state index contributed by atoms with van der Waals surface area (Å²) < 4.78 is 0. The number of nitrogens with two attached hydrogens (primary N) is 1. The molecule has 3 N–H and O–H groups in total. The van der Waals surface area contributed by atoms with Gasteiger partial charge in [-0.25, -0.2) is 0 Å². The zero-order chi connectivity index (χ0) is 14.1. The summed E-state index contributed by atoms with van der Waals surface area (Å²) in [6, 6.07) is 14.1. The molecule has 0 amide bonds. The highest BCUT2D eigenvalue weighted by molar-refractivity contribution is 6.00. The first-order valence-corrected chi connectivity index (χ1v) is 6.87. The first-order valence-electron chi connectivity index (χ1n) is 6.87. The Kier molecular flexibility index (Phi) is 3.18. The summed E-state index contributed by atoms with van der Waals surface area (Å²) in [4.78, 5) is 11.5. The van der Waals surface area contributed by atoms with Crippen molar-refractivity contribution in [1.29, 1.82) is 0 Å². The van der Waals surface area contributed by atoms with E-state index < -0.39 is 0 Å². The summed E-state index contributed by atoms with van der Waals surface area (Å²) in [5.74, 6) is 0.560. The highest BCUT2D eigenvalue weighted by Gasteiger charge is 2.24. The summed E-state index contributed by atoms with van der Waals surface area (Å²) in [5, 5.41) is 3.40. The van der Waals surface area contributed by atoms with E-state index in [-0.39, 0.29) is 5.78 Å². The van der Waals surface area contributed by atoms with Gasteiger partial charge in [0.05, 0.1) is 0 Å². The molecule has 20 heavy (non-hydrogen) atoms. The fourth-order valence-corrected chi connectivity index (χ4v) is 2.76. The molecule has 1 atom stereocenters. The van der Waals surface area contributed by atoms with Gasteiger partial charge in [-0.15, -0.1) is 0 Å². The van der Waals surface area contributed by atoms with Crippen molar-refractivity contribution in [3.05, 3.63) is 59.2 Å². The third kappa shape index (κ3) is 2.27. The van der Waals surface area contributed by atoms with Gasteiger partial charge in [-0.1, -0.05) is 24.3 Å². The maximum Gasteiger partial charge on any atom is 0.161 e. The number of nitrogen functional groups attached to an aromatic ring is 1. The van der Waals surface area contributed by atoms with E-state index in [0.717, 1.165) is 18.7 Å². The largest absolute Gasteiger partial charge is 0.398 e. The second-order valence-electron chi connectivity index (χ2n) is 5.34. The molecule has 0 spiro atoms. The Morgan fingerprint density at radius 3 is 2.85 bits per heavy atom. The maximum absolute atomic E-state index is 11.5. The van der Waals surface area contributed by atoms with Gasteiger partial charge in [-0.05, 0) is 42.7 Å². The second-order valence-corrected chi connectivity index (χ2v) is 5.34. The van der Waals surface area contributed by atoms with Gasteiger partial charge in [-0.2, -0.15) is 0 Å². The lowest BCUT2D eigenvalue weighted by molar-refractivity contribution is 0.101. The first kappa shape index (κ1) is 12.7. The molecule has 3 rings (SSSR count).